The summed E-state index contributed by atoms with van der Waals surface area (Å²) in [6, 6.07) is 7.99. The molecule has 6 nitrogen and oxygen atoms in total. The summed E-state index contributed by atoms with van der Waals surface area (Å²) < 4.78 is 7.12. The average Bonchev–Trinajstić information content (AvgIpc) is 3.13. The van der Waals surface area contributed by atoms with Crippen molar-refractivity contribution in [3.05, 3.63) is 47.6 Å². The molecule has 0 spiro atoms. The van der Waals surface area contributed by atoms with Crippen LogP contribution in [-0.4, -0.2) is 24.8 Å². The molecule has 3 rings (SSSR count). The van der Waals surface area contributed by atoms with Gasteiger partial charge >= 0.3 is 0 Å². The van der Waals surface area contributed by atoms with Crippen LogP contribution in [0.15, 0.2) is 40.1 Å². The van der Waals surface area contributed by atoms with Crippen LogP contribution in [0.4, 0.5) is 0 Å². The van der Waals surface area contributed by atoms with Gasteiger partial charge in [0.25, 0.3) is 0 Å². The Morgan fingerprint density at radius 3 is 2.73 bits per heavy atom. The molecular formula is C15H16N4O2S. The van der Waals surface area contributed by atoms with Gasteiger partial charge < -0.3 is 14.2 Å². The van der Waals surface area contributed by atoms with Crippen molar-refractivity contribution in [1.29, 1.82) is 0 Å². The summed E-state index contributed by atoms with van der Waals surface area (Å²) in [6.45, 7) is 2.01. The average molecular weight is 316 g/mol. The molecule has 0 aliphatic carbocycles. The maximum atomic E-state index is 9.15. The van der Waals surface area contributed by atoms with Gasteiger partial charge in [-0.2, -0.15) is 4.98 Å². The Morgan fingerprint density at radius 2 is 2.05 bits per heavy atom. The SMILES string of the molecule is Cc1ccc(-c2noc(CSc3ncc(CO)n3C)n2)cc1. The van der Waals surface area contributed by atoms with E-state index in [1.54, 1.807) is 6.20 Å². The van der Waals surface area contributed by atoms with E-state index in [0.717, 1.165) is 16.4 Å². The minimum absolute atomic E-state index is 0.0256. The predicted molar refractivity (Wildman–Crippen MR) is 83.2 cm³/mol. The summed E-state index contributed by atoms with van der Waals surface area (Å²) in [6.07, 6.45) is 1.66. The Balaban J connectivity index is 1.69. The predicted octanol–water partition coefficient (Wildman–Crippen LogP) is 2.56. The zero-order chi connectivity index (χ0) is 15.5. The Labute approximate surface area is 132 Å². The number of thioether (sulfide) groups is 1. The normalized spacial score (nSPS) is 11.0. The molecule has 1 N–H and O–H groups in total. The van der Waals surface area contributed by atoms with Crippen LogP contribution in [-0.2, 0) is 19.4 Å². The highest BCUT2D eigenvalue weighted by atomic mass is 32.2. The van der Waals surface area contributed by atoms with E-state index >= 15 is 0 Å². The first-order valence-electron chi connectivity index (χ1n) is 6.81. The first-order chi connectivity index (χ1) is 10.7. The third-order valence-corrected chi connectivity index (χ3v) is 4.34. The molecule has 2 aromatic heterocycles. The number of aliphatic hydroxyl groups excluding tert-OH is 1. The van der Waals surface area contributed by atoms with Crippen molar-refractivity contribution in [3.63, 3.8) is 0 Å². The molecule has 0 unspecified atom stereocenters. The van der Waals surface area contributed by atoms with Gasteiger partial charge in [-0.15, -0.1) is 0 Å². The molecule has 0 bridgehead atoms. The number of aliphatic hydroxyl groups is 1. The number of nitrogens with zero attached hydrogens (tertiary/aromatic N) is 4. The lowest BCUT2D eigenvalue weighted by Crippen LogP contribution is -1.97. The van der Waals surface area contributed by atoms with Crippen LogP contribution in [0.3, 0.4) is 0 Å². The molecule has 0 atom stereocenters. The highest BCUT2D eigenvalue weighted by Gasteiger charge is 2.11. The molecule has 0 saturated heterocycles. The van der Waals surface area contributed by atoms with Crippen LogP contribution in [0, 0.1) is 6.92 Å². The van der Waals surface area contributed by atoms with Crippen LogP contribution in [0.2, 0.25) is 0 Å². The van der Waals surface area contributed by atoms with Gasteiger partial charge in [0.15, 0.2) is 5.16 Å². The molecule has 1 aromatic carbocycles. The van der Waals surface area contributed by atoms with Crippen molar-refractivity contribution < 1.29 is 9.63 Å². The van der Waals surface area contributed by atoms with Crippen LogP contribution >= 0.6 is 11.8 Å². The van der Waals surface area contributed by atoms with Crippen molar-refractivity contribution in [2.45, 2.75) is 24.4 Å². The lowest BCUT2D eigenvalue weighted by molar-refractivity contribution is 0.271. The number of aromatic nitrogens is 4. The largest absolute Gasteiger partial charge is 0.390 e. The summed E-state index contributed by atoms with van der Waals surface area (Å²) in [5, 5.41) is 14.0. The van der Waals surface area contributed by atoms with Gasteiger partial charge in [-0.25, -0.2) is 4.98 Å². The molecule has 7 heteroatoms. The second-order valence-corrected chi connectivity index (χ2v) is 5.86. The number of imidazole rings is 1. The molecular weight excluding hydrogens is 300 g/mol. The summed E-state index contributed by atoms with van der Waals surface area (Å²) in [4.78, 5) is 8.65. The molecule has 0 amide bonds. The van der Waals surface area contributed by atoms with E-state index in [1.165, 1.54) is 17.3 Å². The van der Waals surface area contributed by atoms with Gasteiger partial charge in [0.2, 0.25) is 11.7 Å². The Hall–Kier alpha value is -2.12. The topological polar surface area (TPSA) is 77.0 Å². The number of benzene rings is 1. The molecule has 0 aliphatic heterocycles. The summed E-state index contributed by atoms with van der Waals surface area (Å²) in [7, 11) is 1.87. The maximum absolute atomic E-state index is 9.15. The standard InChI is InChI=1S/C15H16N4O2S/c1-10-3-5-11(6-4-10)14-17-13(21-18-14)9-22-15-16-7-12(8-20)19(15)2/h3-7,20H,8-9H2,1-2H3. The Kier molecular flexibility index (Phi) is 4.26. The zero-order valence-corrected chi connectivity index (χ0v) is 13.2. The number of aryl methyl sites for hydroxylation is 1. The highest BCUT2D eigenvalue weighted by Crippen LogP contribution is 2.23. The van der Waals surface area contributed by atoms with E-state index in [0.29, 0.717) is 17.5 Å². The second kappa shape index (κ2) is 6.33. The molecule has 0 radical (unpaired) electrons. The van der Waals surface area contributed by atoms with E-state index in [9.17, 15) is 0 Å². The van der Waals surface area contributed by atoms with Crippen molar-refractivity contribution in [1.82, 2.24) is 19.7 Å². The lowest BCUT2D eigenvalue weighted by Gasteiger charge is -2.01. The van der Waals surface area contributed by atoms with Crippen molar-refractivity contribution in [3.8, 4) is 11.4 Å². The zero-order valence-electron chi connectivity index (χ0n) is 12.4. The first kappa shape index (κ1) is 14.8. The molecule has 2 heterocycles. The van der Waals surface area contributed by atoms with Gasteiger partial charge in [0.05, 0.1) is 24.3 Å². The molecule has 114 valence electrons. The smallest absolute Gasteiger partial charge is 0.237 e. The van der Waals surface area contributed by atoms with Gasteiger partial charge in [0, 0.05) is 12.6 Å². The monoisotopic (exact) mass is 316 g/mol. The van der Waals surface area contributed by atoms with E-state index < -0.39 is 0 Å². The van der Waals surface area contributed by atoms with E-state index in [1.807, 2.05) is 42.8 Å². The fraction of sp³-hybridized carbons (Fsp3) is 0.267. The molecule has 22 heavy (non-hydrogen) atoms. The van der Waals surface area contributed by atoms with Gasteiger partial charge in [-0.1, -0.05) is 46.7 Å². The third kappa shape index (κ3) is 3.05. The molecule has 0 aliphatic rings. The van der Waals surface area contributed by atoms with Gasteiger partial charge in [-0.3, -0.25) is 0 Å². The van der Waals surface area contributed by atoms with Gasteiger partial charge in [0.1, 0.15) is 0 Å². The maximum Gasteiger partial charge on any atom is 0.237 e. The second-order valence-electron chi connectivity index (χ2n) is 4.92. The highest BCUT2D eigenvalue weighted by molar-refractivity contribution is 7.98. The van der Waals surface area contributed by atoms with Crippen LogP contribution < -0.4 is 0 Å². The number of hydrogen-bond acceptors (Lipinski definition) is 6. The minimum atomic E-state index is -0.0256. The molecule has 0 saturated carbocycles. The summed E-state index contributed by atoms with van der Waals surface area (Å²) in [5.41, 5.74) is 2.90. The number of hydrogen-bond donors (Lipinski definition) is 1. The third-order valence-electron chi connectivity index (χ3n) is 3.31. The Morgan fingerprint density at radius 1 is 1.27 bits per heavy atom. The lowest BCUT2D eigenvalue weighted by atomic mass is 10.1. The molecule has 3 aromatic rings. The van der Waals surface area contributed by atoms with Crippen molar-refractivity contribution >= 4 is 11.8 Å². The summed E-state index contributed by atoms with van der Waals surface area (Å²) in [5.74, 6) is 1.68. The Bertz CT molecular complexity index is 764. The van der Waals surface area contributed by atoms with E-state index in [4.69, 9.17) is 9.63 Å². The van der Waals surface area contributed by atoms with E-state index in [-0.39, 0.29) is 6.61 Å². The number of rotatable bonds is 5. The van der Waals surface area contributed by atoms with E-state index in [2.05, 4.69) is 15.1 Å². The van der Waals surface area contributed by atoms with Crippen molar-refractivity contribution in [2.24, 2.45) is 7.05 Å². The van der Waals surface area contributed by atoms with Crippen molar-refractivity contribution in [2.75, 3.05) is 0 Å². The minimum Gasteiger partial charge on any atom is -0.390 e. The fourth-order valence-corrected chi connectivity index (χ4v) is 2.77. The van der Waals surface area contributed by atoms with Crippen LogP contribution in [0.1, 0.15) is 17.1 Å². The first-order valence-corrected chi connectivity index (χ1v) is 7.80. The van der Waals surface area contributed by atoms with Crippen LogP contribution in [0.25, 0.3) is 11.4 Å². The summed E-state index contributed by atoms with van der Waals surface area (Å²) >= 11 is 1.49. The quantitative estimate of drug-likeness (QED) is 0.729. The molecule has 0 fully saturated rings. The van der Waals surface area contributed by atoms with Gasteiger partial charge in [-0.05, 0) is 6.92 Å². The van der Waals surface area contributed by atoms with Crippen LogP contribution in [0.5, 0.6) is 0 Å². The fourth-order valence-electron chi connectivity index (χ4n) is 1.97.